The number of pyridine rings is 2. The van der Waals surface area contributed by atoms with Gasteiger partial charge in [0.2, 0.25) is 5.91 Å². The Bertz CT molecular complexity index is 1680. The minimum Gasteiger partial charge on any atom is -0.368 e. The third-order valence-corrected chi connectivity index (χ3v) is 10.1. The average Bonchev–Trinajstić information content (AvgIpc) is 3.41. The topological polar surface area (TPSA) is 137 Å². The number of H-pyrrole nitrogens is 1. The summed E-state index contributed by atoms with van der Waals surface area (Å²) < 4.78 is 1.48. The van der Waals surface area contributed by atoms with Crippen molar-refractivity contribution in [2.75, 3.05) is 54.4 Å². The van der Waals surface area contributed by atoms with Crippen LogP contribution < -0.4 is 21.2 Å². The highest BCUT2D eigenvalue weighted by atomic mass is 79.9. The summed E-state index contributed by atoms with van der Waals surface area (Å²) in [6, 6.07) is 15.6. The van der Waals surface area contributed by atoms with Crippen LogP contribution in [0.15, 0.2) is 78.0 Å². The van der Waals surface area contributed by atoms with Gasteiger partial charge in [0.15, 0.2) is 5.65 Å². The molecular formula is C30H33Br2N9O3. The Morgan fingerprint density at radius 2 is 1.73 bits per heavy atom. The monoisotopic (exact) mass is 725 g/mol. The predicted molar refractivity (Wildman–Crippen MR) is 176 cm³/mol. The van der Waals surface area contributed by atoms with Gasteiger partial charge in [-0.15, -0.1) is 0 Å². The molecular weight excluding hydrogens is 694 g/mol. The zero-order valence-electron chi connectivity index (χ0n) is 23.9. The Morgan fingerprint density at radius 3 is 2.41 bits per heavy atom. The van der Waals surface area contributed by atoms with Crippen LogP contribution in [0, 0.1) is 0 Å². The largest absolute Gasteiger partial charge is 0.368 e. The number of hydrogen-bond acceptors (Lipinski definition) is 7. The summed E-state index contributed by atoms with van der Waals surface area (Å²) in [5.41, 5.74) is 8.16. The number of carbonyl (C=O) groups is 2. The first-order valence-electron chi connectivity index (χ1n) is 14.4. The van der Waals surface area contributed by atoms with Gasteiger partial charge < -0.3 is 25.4 Å². The fourth-order valence-corrected chi connectivity index (χ4v) is 7.38. The molecule has 0 radical (unpaired) electrons. The number of imidazole rings is 1. The zero-order valence-corrected chi connectivity index (χ0v) is 27.1. The number of urea groups is 1. The summed E-state index contributed by atoms with van der Waals surface area (Å²) in [7, 11) is 0. The number of rotatable bonds is 6. The van der Waals surface area contributed by atoms with E-state index in [1.54, 1.807) is 40.5 Å². The second-order valence-corrected chi connectivity index (χ2v) is 12.7. The normalized spacial score (nSPS) is 21.3. The highest BCUT2D eigenvalue weighted by Gasteiger charge is 2.46. The molecule has 230 valence electrons. The van der Waals surface area contributed by atoms with E-state index in [1.807, 2.05) is 47.4 Å². The van der Waals surface area contributed by atoms with Gasteiger partial charge in [-0.2, -0.15) is 0 Å². The van der Waals surface area contributed by atoms with Crippen molar-refractivity contribution in [3.8, 4) is 0 Å². The number of aromatic nitrogens is 4. The molecule has 14 heteroatoms. The van der Waals surface area contributed by atoms with Crippen molar-refractivity contribution in [2.45, 2.75) is 23.0 Å². The number of likely N-dealkylation sites (tertiary alicyclic amines) is 1. The van der Waals surface area contributed by atoms with Gasteiger partial charge in [-0.05, 0) is 36.4 Å². The summed E-state index contributed by atoms with van der Waals surface area (Å²) in [4.78, 5) is 59.5. The molecule has 2 saturated heterocycles. The number of aromatic amines is 1. The molecule has 0 aliphatic carbocycles. The van der Waals surface area contributed by atoms with E-state index in [9.17, 15) is 14.4 Å². The van der Waals surface area contributed by atoms with Gasteiger partial charge in [0, 0.05) is 81.0 Å². The van der Waals surface area contributed by atoms with Gasteiger partial charge in [-0.25, -0.2) is 14.6 Å². The number of nitrogens with zero attached hydrogens (tertiary/aromatic N) is 7. The van der Waals surface area contributed by atoms with Gasteiger partial charge in [-0.1, -0.05) is 50.1 Å². The molecule has 4 aromatic rings. The minimum atomic E-state index is -1.13. The van der Waals surface area contributed by atoms with Crippen LogP contribution in [0.1, 0.15) is 6.42 Å². The first kappa shape index (κ1) is 30.3. The maximum absolute atomic E-state index is 14.3. The van der Waals surface area contributed by atoms with Gasteiger partial charge in [0.1, 0.15) is 11.7 Å². The Kier molecular flexibility index (Phi) is 8.74. The molecule has 3 amide bonds. The molecule has 6 rings (SSSR count). The molecule has 12 nitrogen and oxygen atoms in total. The van der Waals surface area contributed by atoms with Crippen LogP contribution in [-0.2, 0) is 10.5 Å². The smallest absolute Gasteiger partial charge is 0.329 e. The van der Waals surface area contributed by atoms with Crippen LogP contribution in [0.4, 0.5) is 16.2 Å². The van der Waals surface area contributed by atoms with Crippen molar-refractivity contribution in [3.63, 3.8) is 0 Å². The fraction of sp³-hybridized carbons (Fsp3) is 0.367. The predicted octanol–water partition coefficient (Wildman–Crippen LogP) is 2.94. The summed E-state index contributed by atoms with van der Waals surface area (Å²) in [6.45, 7) is 2.94. The van der Waals surface area contributed by atoms with Crippen LogP contribution in [-0.4, -0.2) is 96.7 Å². The number of para-hydroxylation sites is 1. The number of hydrogen-bond donors (Lipinski definition) is 2. The second kappa shape index (κ2) is 12.7. The number of piperidine rings is 1. The molecule has 1 aromatic carbocycles. The lowest BCUT2D eigenvalue weighted by atomic mass is 9.97. The molecule has 44 heavy (non-hydrogen) atoms. The number of amides is 3. The Hall–Kier alpha value is -3.75. The lowest BCUT2D eigenvalue weighted by molar-refractivity contribution is -0.132. The van der Waals surface area contributed by atoms with Crippen molar-refractivity contribution < 1.29 is 9.59 Å². The molecule has 0 spiro atoms. The summed E-state index contributed by atoms with van der Waals surface area (Å²) in [5, 5.41) is 0.264. The van der Waals surface area contributed by atoms with Gasteiger partial charge in [0.05, 0.1) is 10.3 Å². The highest BCUT2D eigenvalue weighted by Crippen LogP contribution is 2.33. The van der Waals surface area contributed by atoms with E-state index >= 15 is 0 Å². The zero-order chi connectivity index (χ0) is 30.8. The molecule has 3 atom stereocenters. The Morgan fingerprint density at radius 1 is 1.00 bits per heavy atom. The SMILES string of the molecule is NC1(n2c(=O)[nH]c3cccnc32)CCN(C(=O)N(c2ccccc2)[C@@H](CBr)C(=O)N2CCN(c3ccncc3)CC2)CC1Br. The van der Waals surface area contributed by atoms with Crippen LogP contribution in [0.5, 0.6) is 0 Å². The molecule has 3 N–H and O–H groups in total. The number of halogens is 2. The van der Waals surface area contributed by atoms with Crippen molar-refractivity contribution in [3.05, 3.63) is 83.7 Å². The number of benzene rings is 1. The van der Waals surface area contributed by atoms with Gasteiger partial charge in [0.25, 0.3) is 0 Å². The fourth-order valence-electron chi connectivity index (χ4n) is 6.03. The van der Waals surface area contributed by atoms with E-state index in [1.165, 1.54) is 4.57 Å². The third kappa shape index (κ3) is 5.61. The molecule has 2 aliphatic rings. The Balaban J connectivity index is 1.22. The van der Waals surface area contributed by atoms with E-state index in [-0.39, 0.29) is 36.0 Å². The van der Waals surface area contributed by atoms with E-state index in [0.29, 0.717) is 49.5 Å². The number of anilines is 2. The van der Waals surface area contributed by atoms with Crippen molar-refractivity contribution in [1.82, 2.24) is 29.3 Å². The van der Waals surface area contributed by atoms with E-state index in [0.717, 1.165) is 5.69 Å². The molecule has 2 unspecified atom stereocenters. The lowest BCUT2D eigenvalue weighted by Gasteiger charge is -2.45. The quantitative estimate of drug-likeness (QED) is 0.292. The van der Waals surface area contributed by atoms with Crippen molar-refractivity contribution in [1.29, 1.82) is 0 Å². The van der Waals surface area contributed by atoms with Crippen molar-refractivity contribution >= 4 is 66.3 Å². The van der Waals surface area contributed by atoms with E-state index in [2.05, 4.69) is 51.7 Å². The number of fused-ring (bicyclic) bond motifs is 1. The van der Waals surface area contributed by atoms with E-state index in [4.69, 9.17) is 5.73 Å². The summed E-state index contributed by atoms with van der Waals surface area (Å²) >= 11 is 7.26. The third-order valence-electron chi connectivity index (χ3n) is 8.44. The summed E-state index contributed by atoms with van der Waals surface area (Å²) in [6.07, 6.45) is 5.44. The molecule has 3 aromatic heterocycles. The first-order chi connectivity index (χ1) is 21.3. The van der Waals surface area contributed by atoms with Crippen LogP contribution in [0.3, 0.4) is 0 Å². The summed E-state index contributed by atoms with van der Waals surface area (Å²) in [5.74, 6) is -0.120. The van der Waals surface area contributed by atoms with Gasteiger partial charge in [-0.3, -0.25) is 19.2 Å². The van der Waals surface area contributed by atoms with E-state index < -0.39 is 16.5 Å². The maximum Gasteiger partial charge on any atom is 0.329 e. The van der Waals surface area contributed by atoms with Crippen LogP contribution in [0.2, 0.25) is 0 Å². The first-order valence-corrected chi connectivity index (χ1v) is 16.5. The number of nitrogens with one attached hydrogen (secondary N) is 1. The molecule has 0 bridgehead atoms. The average molecular weight is 727 g/mol. The number of carbonyl (C=O) groups excluding carboxylic acids is 2. The van der Waals surface area contributed by atoms with Crippen molar-refractivity contribution in [2.24, 2.45) is 5.73 Å². The maximum atomic E-state index is 14.3. The minimum absolute atomic E-state index is 0.120. The Labute approximate surface area is 271 Å². The molecule has 5 heterocycles. The van der Waals surface area contributed by atoms with Crippen LogP contribution in [0.25, 0.3) is 11.2 Å². The second-order valence-electron chi connectivity index (χ2n) is 11.0. The lowest BCUT2D eigenvalue weighted by Crippen LogP contribution is -2.65. The number of alkyl halides is 2. The number of piperazine rings is 1. The highest BCUT2D eigenvalue weighted by molar-refractivity contribution is 9.09. The molecule has 2 fully saturated rings. The standard InChI is InChI=1S/C30H33Br2N9O3/c31-19-24(27(42)38-17-15-37(16-18-38)21-8-12-34-13-9-21)40(22-5-2-1-3-6-22)29(44)39-14-10-30(33,25(32)20-39)41-26-23(36-28(41)43)7-4-11-35-26/h1-9,11-13,24-25H,10,14-20,33H2,(H,36,43)/t24-,25?,30?/m0/s1. The number of nitrogens with two attached hydrogens (primary N) is 1. The molecule has 0 saturated carbocycles. The van der Waals surface area contributed by atoms with Gasteiger partial charge >= 0.3 is 11.7 Å². The van der Waals surface area contributed by atoms with Crippen LogP contribution >= 0.6 is 31.9 Å². The molecule has 2 aliphatic heterocycles.